The number of nitrogens with zero attached hydrogens (tertiary/aromatic N) is 4. The van der Waals surface area contributed by atoms with Crippen molar-refractivity contribution in [1.82, 2.24) is 19.8 Å². The van der Waals surface area contributed by atoms with E-state index in [4.69, 9.17) is 11.6 Å². The second-order valence-corrected chi connectivity index (χ2v) is 4.23. The summed E-state index contributed by atoms with van der Waals surface area (Å²) < 4.78 is 0. The van der Waals surface area contributed by atoms with Crippen LogP contribution < -0.4 is 0 Å². The minimum Gasteiger partial charge on any atom is -0.304 e. The average Bonchev–Trinajstić information content (AvgIpc) is 2.22. The van der Waals surface area contributed by atoms with E-state index in [0.29, 0.717) is 5.28 Å². The topological polar surface area (TPSA) is 32.3 Å². The number of aromatic nitrogens is 2. The molecule has 1 aliphatic heterocycles. The lowest BCUT2D eigenvalue weighted by molar-refractivity contribution is 0.147. The van der Waals surface area contributed by atoms with Crippen LogP contribution in [0.4, 0.5) is 0 Å². The Morgan fingerprint density at radius 1 is 1.33 bits per heavy atom. The second-order valence-electron chi connectivity index (χ2n) is 3.90. The highest BCUT2D eigenvalue weighted by Crippen LogP contribution is 2.07. The van der Waals surface area contributed by atoms with E-state index in [9.17, 15) is 0 Å². The lowest BCUT2D eigenvalue weighted by Crippen LogP contribution is -2.44. The van der Waals surface area contributed by atoms with Crippen LogP contribution in [0, 0.1) is 0 Å². The molecule has 2 rings (SSSR count). The highest BCUT2D eigenvalue weighted by atomic mass is 35.5. The van der Waals surface area contributed by atoms with Crippen LogP contribution in [0.15, 0.2) is 12.3 Å². The maximum atomic E-state index is 5.74. The van der Waals surface area contributed by atoms with Crippen molar-refractivity contribution in [3.8, 4) is 0 Å². The fourth-order valence-electron chi connectivity index (χ4n) is 1.69. The van der Waals surface area contributed by atoms with Crippen LogP contribution >= 0.6 is 11.6 Å². The zero-order valence-electron chi connectivity index (χ0n) is 8.86. The molecule has 0 aliphatic carbocycles. The Morgan fingerprint density at radius 2 is 2.07 bits per heavy atom. The summed E-state index contributed by atoms with van der Waals surface area (Å²) in [6.07, 6.45) is 1.71. The molecule has 0 aromatic carbocycles. The van der Waals surface area contributed by atoms with Gasteiger partial charge in [0.15, 0.2) is 0 Å². The standard InChI is InChI=1S/C10H15ClN4/c1-14-4-6-15(7-5-14)8-9-2-3-12-10(11)13-9/h2-3H,4-8H2,1H3. The summed E-state index contributed by atoms with van der Waals surface area (Å²) in [6, 6.07) is 1.92. The fraction of sp³-hybridized carbons (Fsp3) is 0.600. The smallest absolute Gasteiger partial charge is 0.222 e. The monoisotopic (exact) mass is 226 g/mol. The summed E-state index contributed by atoms with van der Waals surface area (Å²) in [6.45, 7) is 5.31. The molecule has 0 N–H and O–H groups in total. The third kappa shape index (κ3) is 3.12. The fourth-order valence-corrected chi connectivity index (χ4v) is 1.86. The van der Waals surface area contributed by atoms with Gasteiger partial charge in [-0.2, -0.15) is 0 Å². The van der Waals surface area contributed by atoms with Crippen molar-refractivity contribution < 1.29 is 0 Å². The Kier molecular flexibility index (Phi) is 3.51. The molecule has 1 saturated heterocycles. The van der Waals surface area contributed by atoms with E-state index in [2.05, 4.69) is 26.8 Å². The number of piperazine rings is 1. The number of halogens is 1. The summed E-state index contributed by atoms with van der Waals surface area (Å²) in [5.74, 6) is 0. The molecule has 4 nitrogen and oxygen atoms in total. The molecule has 0 spiro atoms. The van der Waals surface area contributed by atoms with Gasteiger partial charge in [0.2, 0.25) is 5.28 Å². The summed E-state index contributed by atoms with van der Waals surface area (Å²) in [4.78, 5) is 12.8. The molecule has 0 radical (unpaired) electrons. The normalized spacial score (nSPS) is 19.3. The van der Waals surface area contributed by atoms with Crippen LogP contribution in [-0.2, 0) is 6.54 Å². The Balaban J connectivity index is 1.92. The molecule has 1 aliphatic rings. The van der Waals surface area contributed by atoms with Crippen LogP contribution in [0.1, 0.15) is 5.69 Å². The van der Waals surface area contributed by atoms with E-state index in [1.54, 1.807) is 6.20 Å². The molecule has 1 fully saturated rings. The number of rotatable bonds is 2. The molecule has 2 heterocycles. The van der Waals surface area contributed by atoms with Gasteiger partial charge in [0.25, 0.3) is 0 Å². The summed E-state index contributed by atoms with van der Waals surface area (Å²) in [5, 5.41) is 0.335. The minimum absolute atomic E-state index is 0.335. The van der Waals surface area contributed by atoms with Crippen LogP contribution in [0.3, 0.4) is 0 Å². The molecule has 0 saturated carbocycles. The first-order valence-corrected chi connectivity index (χ1v) is 5.50. The van der Waals surface area contributed by atoms with Gasteiger partial charge in [-0.25, -0.2) is 9.97 Å². The van der Waals surface area contributed by atoms with Gasteiger partial charge in [0.05, 0.1) is 5.69 Å². The van der Waals surface area contributed by atoms with E-state index in [1.165, 1.54) is 0 Å². The average molecular weight is 227 g/mol. The van der Waals surface area contributed by atoms with Crippen LogP contribution in [-0.4, -0.2) is 53.0 Å². The number of hydrogen-bond donors (Lipinski definition) is 0. The van der Waals surface area contributed by atoms with Crippen molar-refractivity contribution in [2.24, 2.45) is 0 Å². The second kappa shape index (κ2) is 4.88. The molecule has 0 atom stereocenters. The highest BCUT2D eigenvalue weighted by molar-refractivity contribution is 6.28. The largest absolute Gasteiger partial charge is 0.304 e. The van der Waals surface area contributed by atoms with Gasteiger partial charge in [-0.3, -0.25) is 4.90 Å². The molecule has 0 unspecified atom stereocenters. The maximum Gasteiger partial charge on any atom is 0.222 e. The third-order valence-corrected chi connectivity index (χ3v) is 2.85. The maximum absolute atomic E-state index is 5.74. The predicted molar refractivity (Wildman–Crippen MR) is 59.8 cm³/mol. The van der Waals surface area contributed by atoms with Crippen molar-refractivity contribution in [2.75, 3.05) is 33.2 Å². The minimum atomic E-state index is 0.335. The van der Waals surface area contributed by atoms with Gasteiger partial charge in [0.1, 0.15) is 0 Å². The lowest BCUT2D eigenvalue weighted by atomic mass is 10.3. The van der Waals surface area contributed by atoms with E-state index >= 15 is 0 Å². The van der Waals surface area contributed by atoms with Gasteiger partial charge in [-0.05, 0) is 24.7 Å². The Bertz CT molecular complexity index is 323. The quantitative estimate of drug-likeness (QED) is 0.701. The zero-order valence-corrected chi connectivity index (χ0v) is 9.61. The molecule has 1 aromatic rings. The first-order chi connectivity index (χ1) is 7.24. The third-order valence-electron chi connectivity index (χ3n) is 2.67. The lowest BCUT2D eigenvalue weighted by Gasteiger charge is -2.31. The Morgan fingerprint density at radius 3 is 2.73 bits per heavy atom. The Hall–Kier alpha value is -0.710. The number of likely N-dealkylation sites (N-methyl/N-ethyl adjacent to an activating group) is 1. The summed E-state index contributed by atoms with van der Waals surface area (Å²) in [7, 11) is 2.15. The van der Waals surface area contributed by atoms with Crippen LogP contribution in [0.25, 0.3) is 0 Å². The summed E-state index contributed by atoms with van der Waals surface area (Å²) in [5.41, 5.74) is 1.000. The van der Waals surface area contributed by atoms with E-state index < -0.39 is 0 Å². The Labute approximate surface area is 94.9 Å². The molecular weight excluding hydrogens is 212 g/mol. The molecule has 1 aromatic heterocycles. The van der Waals surface area contributed by atoms with Gasteiger partial charge < -0.3 is 4.90 Å². The SMILES string of the molecule is CN1CCN(Cc2ccnc(Cl)n2)CC1. The first kappa shape index (κ1) is 10.8. The van der Waals surface area contributed by atoms with Crippen molar-refractivity contribution in [2.45, 2.75) is 6.54 Å². The molecular formula is C10H15ClN4. The predicted octanol–water partition coefficient (Wildman–Crippen LogP) is 0.877. The van der Waals surface area contributed by atoms with Crippen molar-refractivity contribution in [3.63, 3.8) is 0 Å². The van der Waals surface area contributed by atoms with Crippen molar-refractivity contribution in [1.29, 1.82) is 0 Å². The highest BCUT2D eigenvalue weighted by Gasteiger charge is 2.14. The van der Waals surface area contributed by atoms with Gasteiger partial charge in [-0.1, -0.05) is 0 Å². The van der Waals surface area contributed by atoms with E-state index in [0.717, 1.165) is 38.4 Å². The molecule has 82 valence electrons. The molecule has 0 amide bonds. The number of hydrogen-bond acceptors (Lipinski definition) is 4. The molecule has 5 heteroatoms. The van der Waals surface area contributed by atoms with Crippen LogP contribution in [0.5, 0.6) is 0 Å². The van der Waals surface area contributed by atoms with E-state index in [-0.39, 0.29) is 0 Å². The molecule has 0 bridgehead atoms. The van der Waals surface area contributed by atoms with Crippen LogP contribution in [0.2, 0.25) is 5.28 Å². The van der Waals surface area contributed by atoms with Gasteiger partial charge in [-0.15, -0.1) is 0 Å². The van der Waals surface area contributed by atoms with Gasteiger partial charge >= 0.3 is 0 Å². The summed E-state index contributed by atoms with van der Waals surface area (Å²) >= 11 is 5.74. The van der Waals surface area contributed by atoms with Crippen molar-refractivity contribution >= 4 is 11.6 Å². The first-order valence-electron chi connectivity index (χ1n) is 5.12. The van der Waals surface area contributed by atoms with Crippen molar-refractivity contribution in [3.05, 3.63) is 23.2 Å². The van der Waals surface area contributed by atoms with E-state index in [1.807, 2.05) is 6.07 Å². The molecule has 15 heavy (non-hydrogen) atoms. The zero-order chi connectivity index (χ0) is 10.7. The van der Waals surface area contributed by atoms with Gasteiger partial charge in [0, 0.05) is 38.9 Å².